The monoisotopic (exact) mass is 289 g/mol. The van der Waals surface area contributed by atoms with Crippen molar-refractivity contribution in [3.05, 3.63) is 23.4 Å². The molecular formula is C17H27N3O. The maximum absolute atomic E-state index is 5.05. The van der Waals surface area contributed by atoms with E-state index in [0.717, 1.165) is 31.7 Å². The molecule has 2 fully saturated rings. The minimum atomic E-state index is 0.751. The van der Waals surface area contributed by atoms with Crippen LogP contribution in [0.3, 0.4) is 0 Å². The van der Waals surface area contributed by atoms with Gasteiger partial charge in [0.15, 0.2) is 0 Å². The number of hydrogen-bond donors (Lipinski definition) is 1. The standard InChI is InChI=1S/C17H27N3O/c1-13-9-15(10-18-7-8-21-2)11-19-17(13)20(16-5-6-16)12-14-3-4-14/h9,11,14,16,18H,3-8,10,12H2,1-2H3. The highest BCUT2D eigenvalue weighted by Gasteiger charge is 2.35. The third-order valence-corrected chi connectivity index (χ3v) is 4.33. The van der Waals surface area contributed by atoms with Gasteiger partial charge in [0.1, 0.15) is 5.82 Å². The molecule has 1 N–H and O–H groups in total. The lowest BCUT2D eigenvalue weighted by molar-refractivity contribution is 0.199. The molecule has 2 aliphatic rings. The molecule has 2 saturated carbocycles. The molecule has 1 aromatic rings. The van der Waals surface area contributed by atoms with E-state index in [1.54, 1.807) is 7.11 Å². The van der Waals surface area contributed by atoms with E-state index in [9.17, 15) is 0 Å². The van der Waals surface area contributed by atoms with Crippen LogP contribution in [0.4, 0.5) is 5.82 Å². The average molecular weight is 289 g/mol. The Labute approximate surface area is 127 Å². The van der Waals surface area contributed by atoms with Gasteiger partial charge in [0.2, 0.25) is 0 Å². The van der Waals surface area contributed by atoms with Crippen molar-refractivity contribution in [3.63, 3.8) is 0 Å². The molecule has 0 atom stereocenters. The van der Waals surface area contributed by atoms with Gasteiger partial charge in [0.05, 0.1) is 6.61 Å². The maximum Gasteiger partial charge on any atom is 0.131 e. The van der Waals surface area contributed by atoms with Gasteiger partial charge < -0.3 is 15.0 Å². The highest BCUT2D eigenvalue weighted by Crippen LogP contribution is 2.38. The Morgan fingerprint density at radius 1 is 1.33 bits per heavy atom. The first-order chi connectivity index (χ1) is 10.3. The van der Waals surface area contributed by atoms with E-state index >= 15 is 0 Å². The lowest BCUT2D eigenvalue weighted by Gasteiger charge is -2.25. The minimum Gasteiger partial charge on any atom is -0.383 e. The van der Waals surface area contributed by atoms with Crippen molar-refractivity contribution in [2.75, 3.05) is 31.7 Å². The molecule has 0 bridgehead atoms. The van der Waals surface area contributed by atoms with E-state index in [2.05, 4.69) is 23.2 Å². The second-order valence-electron chi connectivity index (χ2n) is 6.48. The molecule has 116 valence electrons. The molecule has 0 saturated heterocycles. The number of nitrogens with one attached hydrogen (secondary N) is 1. The first-order valence-electron chi connectivity index (χ1n) is 8.19. The van der Waals surface area contributed by atoms with Crippen LogP contribution in [0.25, 0.3) is 0 Å². The Kier molecular flexibility index (Phi) is 4.76. The molecule has 0 aromatic carbocycles. The van der Waals surface area contributed by atoms with E-state index in [-0.39, 0.29) is 0 Å². The molecule has 1 heterocycles. The zero-order valence-corrected chi connectivity index (χ0v) is 13.3. The van der Waals surface area contributed by atoms with E-state index in [1.807, 2.05) is 6.20 Å². The van der Waals surface area contributed by atoms with Crippen LogP contribution in [-0.2, 0) is 11.3 Å². The SMILES string of the molecule is COCCNCc1cnc(N(CC2CC2)C2CC2)c(C)c1. The fourth-order valence-corrected chi connectivity index (χ4v) is 2.80. The summed E-state index contributed by atoms with van der Waals surface area (Å²) >= 11 is 0. The molecule has 0 spiro atoms. The molecule has 4 nitrogen and oxygen atoms in total. The lowest BCUT2D eigenvalue weighted by atomic mass is 10.2. The smallest absolute Gasteiger partial charge is 0.131 e. The molecule has 3 rings (SSSR count). The second kappa shape index (κ2) is 6.75. The van der Waals surface area contributed by atoms with Crippen LogP contribution in [0.15, 0.2) is 12.3 Å². The van der Waals surface area contributed by atoms with Crippen LogP contribution in [-0.4, -0.2) is 37.8 Å². The summed E-state index contributed by atoms with van der Waals surface area (Å²) < 4.78 is 5.05. The summed E-state index contributed by atoms with van der Waals surface area (Å²) in [5, 5.41) is 3.38. The Balaban J connectivity index is 1.62. The fraction of sp³-hybridized carbons (Fsp3) is 0.706. The number of hydrogen-bond acceptors (Lipinski definition) is 4. The van der Waals surface area contributed by atoms with Crippen molar-refractivity contribution in [2.45, 2.75) is 45.2 Å². The van der Waals surface area contributed by atoms with Crippen molar-refractivity contribution >= 4 is 5.82 Å². The summed E-state index contributed by atoms with van der Waals surface area (Å²) in [6.07, 6.45) is 7.53. The maximum atomic E-state index is 5.05. The normalized spacial score (nSPS) is 18.0. The van der Waals surface area contributed by atoms with Gasteiger partial charge in [-0.2, -0.15) is 0 Å². The lowest BCUT2D eigenvalue weighted by Crippen LogP contribution is -2.29. The van der Waals surface area contributed by atoms with Gasteiger partial charge in [0.25, 0.3) is 0 Å². The molecule has 21 heavy (non-hydrogen) atoms. The highest BCUT2D eigenvalue weighted by molar-refractivity contribution is 5.49. The first kappa shape index (κ1) is 14.8. The van der Waals surface area contributed by atoms with E-state index in [1.165, 1.54) is 49.2 Å². The van der Waals surface area contributed by atoms with Gasteiger partial charge in [-0.25, -0.2) is 4.98 Å². The number of nitrogens with zero attached hydrogens (tertiary/aromatic N) is 2. The number of methoxy groups -OCH3 is 1. The Hall–Kier alpha value is -1.13. The summed E-state index contributed by atoms with van der Waals surface area (Å²) in [4.78, 5) is 7.34. The van der Waals surface area contributed by atoms with Crippen molar-refractivity contribution in [3.8, 4) is 0 Å². The minimum absolute atomic E-state index is 0.751. The van der Waals surface area contributed by atoms with Gasteiger partial charge in [-0.15, -0.1) is 0 Å². The number of anilines is 1. The van der Waals surface area contributed by atoms with E-state index in [0.29, 0.717) is 0 Å². The predicted octanol–water partition coefficient (Wildman–Crippen LogP) is 2.50. The third kappa shape index (κ3) is 4.17. The average Bonchev–Trinajstić information content (AvgIpc) is 3.36. The number of rotatable bonds is 9. The van der Waals surface area contributed by atoms with E-state index in [4.69, 9.17) is 9.72 Å². The largest absolute Gasteiger partial charge is 0.383 e. The highest BCUT2D eigenvalue weighted by atomic mass is 16.5. The van der Waals surface area contributed by atoms with Crippen LogP contribution < -0.4 is 10.2 Å². The van der Waals surface area contributed by atoms with Crippen molar-refractivity contribution in [2.24, 2.45) is 5.92 Å². The molecule has 1 aromatic heterocycles. The van der Waals surface area contributed by atoms with Gasteiger partial charge >= 0.3 is 0 Å². The molecule has 0 unspecified atom stereocenters. The summed E-state index contributed by atoms with van der Waals surface area (Å²) in [6, 6.07) is 3.03. The molecule has 0 amide bonds. The summed E-state index contributed by atoms with van der Waals surface area (Å²) in [5.74, 6) is 2.13. The number of ether oxygens (including phenoxy) is 1. The van der Waals surface area contributed by atoms with Gasteiger partial charge in [-0.05, 0) is 55.7 Å². The summed E-state index contributed by atoms with van der Waals surface area (Å²) in [6.45, 7) is 5.91. The van der Waals surface area contributed by atoms with Crippen molar-refractivity contribution < 1.29 is 4.74 Å². The van der Waals surface area contributed by atoms with Gasteiger partial charge in [0, 0.05) is 39.0 Å². The van der Waals surface area contributed by atoms with Crippen molar-refractivity contribution in [1.29, 1.82) is 0 Å². The predicted molar refractivity (Wildman–Crippen MR) is 85.6 cm³/mol. The zero-order valence-electron chi connectivity index (χ0n) is 13.3. The Morgan fingerprint density at radius 3 is 2.76 bits per heavy atom. The van der Waals surface area contributed by atoms with Gasteiger partial charge in [-0.3, -0.25) is 0 Å². The first-order valence-corrected chi connectivity index (χ1v) is 8.19. The Morgan fingerprint density at radius 2 is 2.14 bits per heavy atom. The summed E-state index contributed by atoms with van der Waals surface area (Å²) in [7, 11) is 1.73. The third-order valence-electron chi connectivity index (χ3n) is 4.33. The van der Waals surface area contributed by atoms with Crippen LogP contribution in [0.2, 0.25) is 0 Å². The molecular weight excluding hydrogens is 262 g/mol. The molecule has 0 aliphatic heterocycles. The number of aromatic nitrogens is 1. The topological polar surface area (TPSA) is 37.4 Å². The molecule has 4 heteroatoms. The second-order valence-corrected chi connectivity index (χ2v) is 6.48. The fourth-order valence-electron chi connectivity index (χ4n) is 2.80. The molecule has 0 radical (unpaired) electrons. The van der Waals surface area contributed by atoms with Crippen LogP contribution >= 0.6 is 0 Å². The van der Waals surface area contributed by atoms with Crippen LogP contribution in [0, 0.1) is 12.8 Å². The number of aryl methyl sites for hydroxylation is 1. The van der Waals surface area contributed by atoms with Crippen molar-refractivity contribution in [1.82, 2.24) is 10.3 Å². The Bertz CT molecular complexity index is 469. The molecule has 2 aliphatic carbocycles. The van der Waals surface area contributed by atoms with Crippen LogP contribution in [0.1, 0.15) is 36.8 Å². The van der Waals surface area contributed by atoms with E-state index < -0.39 is 0 Å². The number of pyridine rings is 1. The van der Waals surface area contributed by atoms with Crippen LogP contribution in [0.5, 0.6) is 0 Å². The zero-order chi connectivity index (χ0) is 14.7. The van der Waals surface area contributed by atoms with Gasteiger partial charge in [-0.1, -0.05) is 0 Å². The summed E-state index contributed by atoms with van der Waals surface area (Å²) in [5.41, 5.74) is 2.57. The quantitative estimate of drug-likeness (QED) is 0.709.